The molecule has 1 aromatic heterocycles. The molecule has 1 aromatic rings. The van der Waals surface area contributed by atoms with Gasteiger partial charge in [-0.3, -0.25) is 16.0 Å². The molecule has 3 unspecified atom stereocenters. The zero-order chi connectivity index (χ0) is 11.1. The van der Waals surface area contributed by atoms with Crippen molar-refractivity contribution >= 4 is 0 Å². The summed E-state index contributed by atoms with van der Waals surface area (Å²) in [6.45, 7) is 0. The first-order chi connectivity index (χ1) is 7.83. The van der Waals surface area contributed by atoms with Crippen molar-refractivity contribution in [3.8, 4) is 0 Å². The molecule has 2 saturated carbocycles. The summed E-state index contributed by atoms with van der Waals surface area (Å²) in [5, 5.41) is 4.23. The van der Waals surface area contributed by atoms with Crippen LogP contribution in [0.2, 0.25) is 0 Å². The summed E-state index contributed by atoms with van der Waals surface area (Å²) in [7, 11) is 1.99. The Balaban J connectivity index is 1.80. The van der Waals surface area contributed by atoms with Gasteiger partial charge in [0.15, 0.2) is 0 Å². The van der Waals surface area contributed by atoms with E-state index in [1.54, 1.807) is 0 Å². The lowest BCUT2D eigenvalue weighted by molar-refractivity contribution is 0.429. The number of rotatable bonds is 3. The summed E-state index contributed by atoms with van der Waals surface area (Å²) in [5.74, 6) is 8.29. The largest absolute Gasteiger partial charge is 0.271 e. The number of hydrazine groups is 1. The van der Waals surface area contributed by atoms with E-state index in [2.05, 4.69) is 16.6 Å². The van der Waals surface area contributed by atoms with Gasteiger partial charge in [0.25, 0.3) is 0 Å². The molecule has 0 amide bonds. The molecular weight excluding hydrogens is 200 g/mol. The Hall–Kier alpha value is -0.870. The third-order valence-corrected chi connectivity index (χ3v) is 4.46. The Morgan fingerprint density at radius 2 is 2.12 bits per heavy atom. The molecule has 16 heavy (non-hydrogen) atoms. The van der Waals surface area contributed by atoms with Gasteiger partial charge in [0.1, 0.15) is 0 Å². The van der Waals surface area contributed by atoms with Crippen LogP contribution in [-0.2, 0) is 7.05 Å². The van der Waals surface area contributed by atoms with Gasteiger partial charge in [-0.25, -0.2) is 0 Å². The fourth-order valence-electron chi connectivity index (χ4n) is 3.63. The van der Waals surface area contributed by atoms with E-state index in [-0.39, 0.29) is 0 Å². The zero-order valence-corrected chi connectivity index (χ0v) is 9.76. The molecule has 2 aliphatic rings. The average molecular weight is 220 g/mol. The number of nitrogens with one attached hydrogen (secondary N) is 1. The minimum Gasteiger partial charge on any atom is -0.271 e. The SMILES string of the molecule is Cn1nccc1C(NN)C1C2CCCCC21. The number of aromatic nitrogens is 2. The number of hydrogen-bond donors (Lipinski definition) is 2. The lowest BCUT2D eigenvalue weighted by atomic mass is 10.0. The molecular formula is C12H20N4. The topological polar surface area (TPSA) is 55.9 Å². The van der Waals surface area contributed by atoms with E-state index in [1.165, 1.54) is 31.4 Å². The maximum absolute atomic E-state index is 5.74. The van der Waals surface area contributed by atoms with Crippen LogP contribution in [0.3, 0.4) is 0 Å². The lowest BCUT2D eigenvalue weighted by Gasteiger charge is -2.16. The highest BCUT2D eigenvalue weighted by Crippen LogP contribution is 2.60. The molecule has 2 aliphatic carbocycles. The van der Waals surface area contributed by atoms with Crippen LogP contribution >= 0.6 is 0 Å². The summed E-state index contributed by atoms with van der Waals surface area (Å²) in [6, 6.07) is 2.37. The predicted octanol–water partition coefficient (Wildman–Crippen LogP) is 1.36. The molecule has 3 atom stereocenters. The molecule has 0 saturated heterocycles. The Kier molecular flexibility index (Phi) is 2.48. The van der Waals surface area contributed by atoms with E-state index in [0.29, 0.717) is 6.04 Å². The summed E-state index contributed by atoms with van der Waals surface area (Å²) in [5.41, 5.74) is 4.23. The van der Waals surface area contributed by atoms with Crippen LogP contribution in [0.4, 0.5) is 0 Å². The molecule has 0 bridgehead atoms. The maximum atomic E-state index is 5.74. The smallest absolute Gasteiger partial charge is 0.0662 e. The van der Waals surface area contributed by atoms with Crippen molar-refractivity contribution in [2.24, 2.45) is 30.6 Å². The van der Waals surface area contributed by atoms with E-state index in [9.17, 15) is 0 Å². The second-order valence-electron chi connectivity index (χ2n) is 5.21. The highest BCUT2D eigenvalue weighted by molar-refractivity contribution is 5.15. The van der Waals surface area contributed by atoms with Crippen molar-refractivity contribution in [1.29, 1.82) is 0 Å². The van der Waals surface area contributed by atoms with Gasteiger partial charge in [0.2, 0.25) is 0 Å². The van der Waals surface area contributed by atoms with Crippen LogP contribution < -0.4 is 11.3 Å². The van der Waals surface area contributed by atoms with Crippen LogP contribution in [0.1, 0.15) is 37.4 Å². The minimum atomic E-state index is 0.292. The van der Waals surface area contributed by atoms with Crippen molar-refractivity contribution in [2.45, 2.75) is 31.7 Å². The molecule has 3 N–H and O–H groups in total. The Bertz CT molecular complexity index is 361. The van der Waals surface area contributed by atoms with Crippen molar-refractivity contribution in [2.75, 3.05) is 0 Å². The number of fused-ring (bicyclic) bond motifs is 1. The number of aryl methyl sites for hydroxylation is 1. The van der Waals surface area contributed by atoms with E-state index in [1.807, 2.05) is 17.9 Å². The first-order valence-corrected chi connectivity index (χ1v) is 6.27. The first-order valence-electron chi connectivity index (χ1n) is 6.27. The summed E-state index contributed by atoms with van der Waals surface area (Å²) >= 11 is 0. The quantitative estimate of drug-likeness (QED) is 0.597. The monoisotopic (exact) mass is 220 g/mol. The summed E-state index contributed by atoms with van der Waals surface area (Å²) < 4.78 is 1.94. The maximum Gasteiger partial charge on any atom is 0.0662 e. The van der Waals surface area contributed by atoms with Gasteiger partial charge >= 0.3 is 0 Å². The molecule has 2 fully saturated rings. The molecule has 0 radical (unpaired) electrons. The lowest BCUT2D eigenvalue weighted by Crippen LogP contribution is -2.31. The summed E-state index contributed by atoms with van der Waals surface area (Å²) in [4.78, 5) is 0. The van der Waals surface area contributed by atoms with Gasteiger partial charge < -0.3 is 0 Å². The van der Waals surface area contributed by atoms with Gasteiger partial charge in [-0.2, -0.15) is 5.10 Å². The fraction of sp³-hybridized carbons (Fsp3) is 0.750. The molecule has 0 spiro atoms. The van der Waals surface area contributed by atoms with Gasteiger partial charge in [-0.05, 0) is 36.7 Å². The van der Waals surface area contributed by atoms with Crippen molar-refractivity contribution in [3.63, 3.8) is 0 Å². The van der Waals surface area contributed by atoms with Crippen LogP contribution in [-0.4, -0.2) is 9.78 Å². The van der Waals surface area contributed by atoms with Gasteiger partial charge in [0.05, 0.1) is 11.7 Å². The molecule has 1 heterocycles. The Morgan fingerprint density at radius 1 is 1.44 bits per heavy atom. The second kappa shape index (κ2) is 3.86. The van der Waals surface area contributed by atoms with Crippen LogP contribution in [0.15, 0.2) is 12.3 Å². The first kappa shape index (κ1) is 10.3. The van der Waals surface area contributed by atoms with Gasteiger partial charge in [-0.1, -0.05) is 12.8 Å². The third-order valence-electron chi connectivity index (χ3n) is 4.46. The van der Waals surface area contributed by atoms with E-state index < -0.39 is 0 Å². The van der Waals surface area contributed by atoms with Crippen LogP contribution in [0.25, 0.3) is 0 Å². The van der Waals surface area contributed by atoms with Crippen molar-refractivity contribution in [3.05, 3.63) is 18.0 Å². The van der Waals surface area contributed by atoms with E-state index >= 15 is 0 Å². The number of nitrogens with two attached hydrogens (primary N) is 1. The van der Waals surface area contributed by atoms with Crippen LogP contribution in [0.5, 0.6) is 0 Å². The Morgan fingerprint density at radius 3 is 2.62 bits per heavy atom. The number of nitrogens with zero attached hydrogens (tertiary/aromatic N) is 2. The highest BCUT2D eigenvalue weighted by Gasteiger charge is 2.54. The fourth-order valence-corrected chi connectivity index (χ4v) is 3.63. The third kappa shape index (κ3) is 1.48. The summed E-state index contributed by atoms with van der Waals surface area (Å²) in [6.07, 6.45) is 7.45. The molecule has 0 aliphatic heterocycles. The van der Waals surface area contributed by atoms with Crippen molar-refractivity contribution in [1.82, 2.24) is 15.2 Å². The molecule has 88 valence electrons. The molecule has 4 nitrogen and oxygen atoms in total. The van der Waals surface area contributed by atoms with Crippen LogP contribution in [0, 0.1) is 17.8 Å². The van der Waals surface area contributed by atoms with Gasteiger partial charge in [0, 0.05) is 13.2 Å². The zero-order valence-electron chi connectivity index (χ0n) is 9.76. The molecule has 0 aromatic carbocycles. The predicted molar refractivity (Wildman–Crippen MR) is 62.2 cm³/mol. The van der Waals surface area contributed by atoms with E-state index in [0.717, 1.165) is 17.8 Å². The minimum absolute atomic E-state index is 0.292. The second-order valence-corrected chi connectivity index (χ2v) is 5.21. The standard InChI is InChI=1S/C12H20N4/c1-16-10(6-7-14-16)12(15-13)11-8-4-2-3-5-9(8)11/h6-9,11-12,15H,2-5,13H2,1H3. The molecule has 3 rings (SSSR count). The van der Waals surface area contributed by atoms with Crippen molar-refractivity contribution < 1.29 is 0 Å². The normalized spacial score (nSPS) is 34.5. The average Bonchev–Trinajstić information content (AvgIpc) is 2.87. The Labute approximate surface area is 96.2 Å². The molecule has 4 heteroatoms. The van der Waals surface area contributed by atoms with E-state index in [4.69, 9.17) is 5.84 Å². The van der Waals surface area contributed by atoms with Gasteiger partial charge in [-0.15, -0.1) is 0 Å². The highest BCUT2D eigenvalue weighted by atomic mass is 15.3. The number of hydrogen-bond acceptors (Lipinski definition) is 3.